The molecule has 2 amide bonds. The average molecular weight is 349 g/mol. The Hall–Kier alpha value is -1.85. The lowest BCUT2D eigenvalue weighted by Crippen LogP contribution is -2.32. The maximum Gasteiger partial charge on any atom is 0.314 e. The van der Waals surface area contributed by atoms with E-state index in [0.717, 1.165) is 26.7 Å². The van der Waals surface area contributed by atoms with Crippen molar-refractivity contribution in [1.29, 1.82) is 0 Å². The lowest BCUT2D eigenvalue weighted by atomic mass is 9.97. The number of urea groups is 1. The van der Waals surface area contributed by atoms with Crippen LogP contribution in [0.3, 0.4) is 0 Å². The van der Waals surface area contributed by atoms with Gasteiger partial charge in [0.05, 0.1) is 6.61 Å². The van der Waals surface area contributed by atoms with Gasteiger partial charge in [-0.1, -0.05) is 58.4 Å². The normalized spacial score (nSPS) is 10.2. The molecule has 0 saturated heterocycles. The van der Waals surface area contributed by atoms with Crippen molar-refractivity contribution in [2.24, 2.45) is 0 Å². The van der Waals surface area contributed by atoms with Gasteiger partial charge in [-0.25, -0.2) is 4.79 Å². The van der Waals surface area contributed by atoms with Crippen LogP contribution in [-0.2, 0) is 13.2 Å². The largest absolute Gasteiger partial charge is 0.392 e. The Morgan fingerprint density at radius 1 is 1.19 bits per heavy atom. The van der Waals surface area contributed by atoms with E-state index in [4.69, 9.17) is 0 Å². The molecule has 21 heavy (non-hydrogen) atoms. The molecule has 0 saturated carbocycles. The van der Waals surface area contributed by atoms with E-state index >= 15 is 0 Å². The van der Waals surface area contributed by atoms with E-state index in [1.165, 1.54) is 0 Å². The van der Waals surface area contributed by atoms with Crippen molar-refractivity contribution in [3.05, 3.63) is 58.1 Å². The number of hydrogen-bond acceptors (Lipinski definition) is 2. The van der Waals surface area contributed by atoms with Gasteiger partial charge in [-0.3, -0.25) is 0 Å². The summed E-state index contributed by atoms with van der Waals surface area (Å²) in [7, 11) is 1.58. The van der Waals surface area contributed by atoms with E-state index in [9.17, 15) is 9.90 Å². The molecule has 0 aliphatic rings. The fraction of sp³-hybridized carbons (Fsp3) is 0.188. The number of nitrogens with one attached hydrogen (secondary N) is 2. The van der Waals surface area contributed by atoms with Gasteiger partial charge in [-0.2, -0.15) is 0 Å². The molecule has 4 nitrogen and oxygen atoms in total. The van der Waals surface area contributed by atoms with E-state index in [1.54, 1.807) is 7.05 Å². The Kier molecular flexibility index (Phi) is 5.36. The molecule has 0 heterocycles. The van der Waals surface area contributed by atoms with Crippen molar-refractivity contribution >= 4 is 22.0 Å². The highest BCUT2D eigenvalue weighted by Crippen LogP contribution is 2.32. The molecule has 0 aromatic heterocycles. The first-order valence-corrected chi connectivity index (χ1v) is 7.38. The molecule has 2 aromatic rings. The maximum absolute atomic E-state index is 11.4. The molecule has 0 bridgehead atoms. The molecule has 2 aromatic carbocycles. The van der Waals surface area contributed by atoms with Crippen molar-refractivity contribution in [3.8, 4) is 11.1 Å². The van der Waals surface area contributed by atoms with Crippen LogP contribution in [0.15, 0.2) is 46.9 Å². The number of halogens is 1. The van der Waals surface area contributed by atoms with Gasteiger partial charge in [-0.15, -0.1) is 0 Å². The van der Waals surface area contributed by atoms with Gasteiger partial charge in [0.1, 0.15) is 0 Å². The third kappa shape index (κ3) is 3.62. The van der Waals surface area contributed by atoms with Crippen LogP contribution < -0.4 is 10.6 Å². The van der Waals surface area contributed by atoms with Crippen LogP contribution in [0.2, 0.25) is 0 Å². The molecule has 110 valence electrons. The number of carbonyl (C=O) groups excluding carboxylic acids is 1. The fourth-order valence-electron chi connectivity index (χ4n) is 2.11. The van der Waals surface area contributed by atoms with Crippen molar-refractivity contribution in [2.75, 3.05) is 7.05 Å². The van der Waals surface area contributed by atoms with E-state index in [2.05, 4.69) is 26.6 Å². The molecule has 0 fully saturated rings. The van der Waals surface area contributed by atoms with Crippen molar-refractivity contribution in [1.82, 2.24) is 10.6 Å². The molecule has 5 heteroatoms. The number of amides is 2. The van der Waals surface area contributed by atoms with E-state index in [1.807, 2.05) is 42.5 Å². The minimum Gasteiger partial charge on any atom is -0.392 e. The minimum atomic E-state index is -0.240. The van der Waals surface area contributed by atoms with Crippen LogP contribution in [-0.4, -0.2) is 18.2 Å². The predicted molar refractivity (Wildman–Crippen MR) is 86.8 cm³/mol. The molecule has 0 unspecified atom stereocenters. The van der Waals surface area contributed by atoms with Crippen LogP contribution in [0.4, 0.5) is 4.79 Å². The van der Waals surface area contributed by atoms with E-state index in [0.29, 0.717) is 6.54 Å². The third-order valence-electron chi connectivity index (χ3n) is 3.23. The molecule has 0 aliphatic heterocycles. The van der Waals surface area contributed by atoms with E-state index in [-0.39, 0.29) is 12.6 Å². The van der Waals surface area contributed by atoms with Crippen molar-refractivity contribution in [2.45, 2.75) is 13.2 Å². The second-order valence-electron chi connectivity index (χ2n) is 4.52. The fourth-order valence-corrected chi connectivity index (χ4v) is 2.72. The first-order chi connectivity index (χ1) is 10.2. The number of aliphatic hydroxyl groups is 1. The summed E-state index contributed by atoms with van der Waals surface area (Å²) in [5.41, 5.74) is 3.83. The second-order valence-corrected chi connectivity index (χ2v) is 5.31. The number of benzene rings is 2. The summed E-state index contributed by atoms with van der Waals surface area (Å²) in [6, 6.07) is 13.5. The minimum absolute atomic E-state index is 0.0529. The Labute approximate surface area is 132 Å². The van der Waals surface area contributed by atoms with Gasteiger partial charge in [0, 0.05) is 18.1 Å². The summed E-state index contributed by atoms with van der Waals surface area (Å²) in [6.45, 7) is 0.320. The van der Waals surface area contributed by atoms with Gasteiger partial charge in [0.2, 0.25) is 0 Å². The standard InChI is InChI=1S/C16H17BrN2O2/c1-18-16(21)19-9-14-13(11-5-3-2-4-6-11)8-7-12(10-20)15(14)17/h2-8,20H,9-10H2,1H3,(H2,18,19,21). The number of aliphatic hydroxyl groups excluding tert-OH is 1. The average Bonchev–Trinajstić information content (AvgIpc) is 2.53. The number of hydrogen-bond donors (Lipinski definition) is 3. The number of rotatable bonds is 4. The molecule has 0 spiro atoms. The lowest BCUT2D eigenvalue weighted by molar-refractivity contribution is 0.242. The topological polar surface area (TPSA) is 61.4 Å². The Morgan fingerprint density at radius 2 is 1.90 bits per heavy atom. The third-order valence-corrected chi connectivity index (χ3v) is 4.22. The summed E-state index contributed by atoms with van der Waals surface area (Å²) in [4.78, 5) is 11.4. The molecular formula is C16H17BrN2O2. The van der Waals surface area contributed by atoms with Crippen molar-refractivity contribution in [3.63, 3.8) is 0 Å². The van der Waals surface area contributed by atoms with Gasteiger partial charge in [0.15, 0.2) is 0 Å². The highest BCUT2D eigenvalue weighted by atomic mass is 79.9. The maximum atomic E-state index is 11.4. The first kappa shape index (κ1) is 15.5. The van der Waals surface area contributed by atoms with Gasteiger partial charge < -0.3 is 15.7 Å². The van der Waals surface area contributed by atoms with E-state index < -0.39 is 0 Å². The highest BCUT2D eigenvalue weighted by molar-refractivity contribution is 9.10. The smallest absolute Gasteiger partial charge is 0.314 e. The van der Waals surface area contributed by atoms with Gasteiger partial charge >= 0.3 is 6.03 Å². The summed E-state index contributed by atoms with van der Waals surface area (Å²) < 4.78 is 0.822. The molecular weight excluding hydrogens is 332 g/mol. The van der Waals surface area contributed by atoms with Crippen molar-refractivity contribution < 1.29 is 9.90 Å². The monoisotopic (exact) mass is 348 g/mol. The van der Waals surface area contributed by atoms with Crippen LogP contribution in [0.25, 0.3) is 11.1 Å². The molecule has 0 radical (unpaired) electrons. The summed E-state index contributed by atoms with van der Waals surface area (Å²) in [6.07, 6.45) is 0. The summed E-state index contributed by atoms with van der Waals surface area (Å²) in [5.74, 6) is 0. The Balaban J connectivity index is 2.44. The summed E-state index contributed by atoms with van der Waals surface area (Å²) >= 11 is 3.53. The SMILES string of the molecule is CNC(=O)NCc1c(-c2ccccc2)ccc(CO)c1Br. The summed E-state index contributed by atoms with van der Waals surface area (Å²) in [5, 5.41) is 14.7. The highest BCUT2D eigenvalue weighted by Gasteiger charge is 2.13. The molecule has 0 aliphatic carbocycles. The quantitative estimate of drug-likeness (QED) is 0.795. The van der Waals surface area contributed by atoms with Crippen LogP contribution in [0, 0.1) is 0 Å². The molecule has 3 N–H and O–H groups in total. The number of carbonyl (C=O) groups is 1. The molecule has 2 rings (SSSR count). The van der Waals surface area contributed by atoms with Crippen LogP contribution in [0.1, 0.15) is 11.1 Å². The van der Waals surface area contributed by atoms with Crippen LogP contribution in [0.5, 0.6) is 0 Å². The lowest BCUT2D eigenvalue weighted by Gasteiger charge is -2.15. The zero-order valence-corrected chi connectivity index (χ0v) is 13.3. The zero-order valence-electron chi connectivity index (χ0n) is 11.7. The molecule has 0 atom stereocenters. The first-order valence-electron chi connectivity index (χ1n) is 6.59. The predicted octanol–water partition coefficient (Wildman–Crippen LogP) is 3.04. The Bertz CT molecular complexity index is 630. The zero-order chi connectivity index (χ0) is 15.2. The second kappa shape index (κ2) is 7.24. The van der Waals surface area contributed by atoms with Gasteiger partial charge in [0.25, 0.3) is 0 Å². The van der Waals surface area contributed by atoms with Crippen LogP contribution >= 0.6 is 15.9 Å². The Morgan fingerprint density at radius 3 is 2.52 bits per heavy atom. The van der Waals surface area contributed by atoms with Gasteiger partial charge in [-0.05, 0) is 22.3 Å².